The number of aryl methyl sites for hydroxylation is 1. The van der Waals surface area contributed by atoms with Crippen LogP contribution >= 0.6 is 23.2 Å². The quantitative estimate of drug-likeness (QED) is 0.870. The molecule has 0 spiro atoms. The molecule has 0 aromatic heterocycles. The molecule has 0 atom stereocenters. The van der Waals surface area contributed by atoms with E-state index in [1.807, 2.05) is 6.92 Å². The van der Waals surface area contributed by atoms with Gasteiger partial charge in [0.25, 0.3) is 5.91 Å². The van der Waals surface area contributed by atoms with E-state index in [-0.39, 0.29) is 11.3 Å². The number of rotatable bonds is 2. The van der Waals surface area contributed by atoms with E-state index in [0.717, 1.165) is 5.56 Å². The smallest absolute Gasteiger partial charge is 0.259 e. The van der Waals surface area contributed by atoms with Gasteiger partial charge < -0.3 is 10.4 Å². The molecule has 0 aliphatic heterocycles. The van der Waals surface area contributed by atoms with Crippen molar-refractivity contribution < 1.29 is 9.90 Å². The number of nitrogens with one attached hydrogen (secondary N) is 1. The van der Waals surface area contributed by atoms with Crippen LogP contribution in [0, 0.1) is 6.92 Å². The van der Waals surface area contributed by atoms with Gasteiger partial charge in [0.2, 0.25) is 0 Å². The molecule has 98 valence electrons. The Morgan fingerprint density at radius 3 is 2.58 bits per heavy atom. The lowest BCUT2D eigenvalue weighted by molar-refractivity contribution is 0.102. The molecule has 5 heteroatoms. The van der Waals surface area contributed by atoms with Gasteiger partial charge in [0.1, 0.15) is 5.75 Å². The Morgan fingerprint density at radius 2 is 1.89 bits per heavy atom. The number of amides is 1. The van der Waals surface area contributed by atoms with Crippen molar-refractivity contribution in [3.05, 3.63) is 57.6 Å². The zero-order valence-corrected chi connectivity index (χ0v) is 11.6. The normalized spacial score (nSPS) is 10.3. The maximum Gasteiger partial charge on any atom is 0.259 e. The number of benzene rings is 2. The number of halogens is 2. The number of carbonyl (C=O) groups is 1. The van der Waals surface area contributed by atoms with Gasteiger partial charge in [-0.1, -0.05) is 29.3 Å². The number of carbonyl (C=O) groups excluding carboxylic acids is 1. The Hall–Kier alpha value is -1.71. The second kappa shape index (κ2) is 5.51. The van der Waals surface area contributed by atoms with Crippen LogP contribution in [0.25, 0.3) is 0 Å². The van der Waals surface area contributed by atoms with Gasteiger partial charge >= 0.3 is 0 Å². The zero-order valence-electron chi connectivity index (χ0n) is 10.1. The Labute approximate surface area is 120 Å². The third-order valence-electron chi connectivity index (χ3n) is 2.57. The van der Waals surface area contributed by atoms with E-state index >= 15 is 0 Å². The highest BCUT2D eigenvalue weighted by atomic mass is 35.5. The van der Waals surface area contributed by atoms with E-state index in [2.05, 4.69) is 5.32 Å². The Bertz CT molecular complexity index is 641. The first-order chi connectivity index (χ1) is 8.97. The van der Waals surface area contributed by atoms with Crippen LogP contribution in [0.4, 0.5) is 5.69 Å². The fourth-order valence-corrected chi connectivity index (χ4v) is 1.95. The summed E-state index contributed by atoms with van der Waals surface area (Å²) in [4.78, 5) is 12.0. The van der Waals surface area contributed by atoms with E-state index in [1.165, 1.54) is 6.07 Å². The third kappa shape index (κ3) is 3.19. The van der Waals surface area contributed by atoms with Crippen LogP contribution in [-0.2, 0) is 0 Å². The molecule has 0 saturated heterocycles. The largest absolute Gasteiger partial charge is 0.507 e. The highest BCUT2D eigenvalue weighted by Crippen LogP contribution is 2.27. The first-order valence-corrected chi connectivity index (χ1v) is 6.29. The van der Waals surface area contributed by atoms with Crippen molar-refractivity contribution in [3.8, 4) is 5.75 Å². The van der Waals surface area contributed by atoms with E-state index in [0.29, 0.717) is 15.7 Å². The van der Waals surface area contributed by atoms with Crippen molar-refractivity contribution in [2.24, 2.45) is 0 Å². The predicted octanol–water partition coefficient (Wildman–Crippen LogP) is 4.26. The topological polar surface area (TPSA) is 49.3 Å². The maximum absolute atomic E-state index is 12.0. The summed E-state index contributed by atoms with van der Waals surface area (Å²) in [7, 11) is 0. The van der Waals surface area contributed by atoms with Crippen molar-refractivity contribution in [2.75, 3.05) is 5.32 Å². The van der Waals surface area contributed by atoms with Crippen LogP contribution in [0.15, 0.2) is 36.4 Å². The summed E-state index contributed by atoms with van der Waals surface area (Å²) in [6.45, 7) is 1.83. The second-order valence-corrected chi connectivity index (χ2v) is 4.94. The Kier molecular flexibility index (Phi) is 3.98. The molecule has 0 saturated carbocycles. The average molecular weight is 296 g/mol. The lowest BCUT2D eigenvalue weighted by Gasteiger charge is -2.09. The molecule has 2 N–H and O–H groups in total. The van der Waals surface area contributed by atoms with Crippen LogP contribution in [0.3, 0.4) is 0 Å². The lowest BCUT2D eigenvalue weighted by atomic mass is 10.1. The SMILES string of the molecule is Cc1ccc(C(=O)Nc2cc(Cl)ccc2Cl)c(O)c1. The van der Waals surface area contributed by atoms with Crippen molar-refractivity contribution in [2.45, 2.75) is 6.92 Å². The Morgan fingerprint density at radius 1 is 1.16 bits per heavy atom. The molecular formula is C14H11Cl2NO2. The highest BCUT2D eigenvalue weighted by molar-refractivity contribution is 6.35. The van der Waals surface area contributed by atoms with Gasteiger partial charge in [-0.15, -0.1) is 0 Å². The molecule has 1 amide bonds. The highest BCUT2D eigenvalue weighted by Gasteiger charge is 2.13. The summed E-state index contributed by atoms with van der Waals surface area (Å²) < 4.78 is 0. The molecule has 2 aromatic rings. The van der Waals surface area contributed by atoms with Crippen LogP contribution in [0.2, 0.25) is 10.0 Å². The van der Waals surface area contributed by atoms with Gasteiger partial charge in [-0.25, -0.2) is 0 Å². The fraction of sp³-hybridized carbons (Fsp3) is 0.0714. The van der Waals surface area contributed by atoms with E-state index < -0.39 is 5.91 Å². The van der Waals surface area contributed by atoms with Gasteiger partial charge in [-0.2, -0.15) is 0 Å². The first-order valence-electron chi connectivity index (χ1n) is 5.53. The molecule has 0 radical (unpaired) electrons. The number of hydrogen-bond acceptors (Lipinski definition) is 2. The molecule has 0 fully saturated rings. The number of phenols is 1. The van der Waals surface area contributed by atoms with Crippen LogP contribution in [0.5, 0.6) is 5.75 Å². The van der Waals surface area contributed by atoms with Crippen LogP contribution in [0.1, 0.15) is 15.9 Å². The van der Waals surface area contributed by atoms with Crippen molar-refractivity contribution >= 4 is 34.8 Å². The summed E-state index contributed by atoms with van der Waals surface area (Å²) in [6, 6.07) is 9.59. The first kappa shape index (κ1) is 13.7. The summed E-state index contributed by atoms with van der Waals surface area (Å²) in [5, 5.41) is 13.2. The minimum atomic E-state index is -0.443. The minimum absolute atomic E-state index is 0.0735. The second-order valence-electron chi connectivity index (χ2n) is 4.10. The molecule has 19 heavy (non-hydrogen) atoms. The number of phenolic OH excluding ortho intramolecular Hbond substituents is 1. The summed E-state index contributed by atoms with van der Waals surface area (Å²) in [5.74, 6) is -0.516. The van der Waals surface area contributed by atoms with Crippen molar-refractivity contribution in [3.63, 3.8) is 0 Å². The maximum atomic E-state index is 12.0. The number of aromatic hydroxyl groups is 1. The van der Waals surface area contributed by atoms with Gasteiger partial charge in [0.15, 0.2) is 0 Å². The molecule has 2 rings (SSSR count). The van der Waals surface area contributed by atoms with Crippen LogP contribution < -0.4 is 5.32 Å². The van der Waals surface area contributed by atoms with Gasteiger partial charge in [-0.05, 0) is 42.8 Å². The standard InChI is InChI=1S/C14H11Cl2NO2/c1-8-2-4-10(13(18)6-8)14(19)17-12-7-9(15)3-5-11(12)16/h2-7,18H,1H3,(H,17,19). The molecule has 2 aromatic carbocycles. The van der Waals surface area contributed by atoms with E-state index in [9.17, 15) is 9.90 Å². The number of hydrogen-bond donors (Lipinski definition) is 2. The summed E-state index contributed by atoms with van der Waals surface area (Å²) in [6.07, 6.45) is 0. The van der Waals surface area contributed by atoms with Gasteiger partial charge in [-0.3, -0.25) is 4.79 Å². The molecule has 0 bridgehead atoms. The zero-order chi connectivity index (χ0) is 14.0. The molecule has 3 nitrogen and oxygen atoms in total. The molecule has 0 heterocycles. The molecule has 0 unspecified atom stereocenters. The van der Waals surface area contributed by atoms with E-state index in [1.54, 1.807) is 30.3 Å². The number of anilines is 1. The Balaban J connectivity index is 2.28. The minimum Gasteiger partial charge on any atom is -0.507 e. The van der Waals surface area contributed by atoms with Gasteiger partial charge in [0, 0.05) is 5.02 Å². The van der Waals surface area contributed by atoms with E-state index in [4.69, 9.17) is 23.2 Å². The van der Waals surface area contributed by atoms with Crippen molar-refractivity contribution in [1.29, 1.82) is 0 Å². The molecule has 0 aliphatic rings. The van der Waals surface area contributed by atoms with Crippen molar-refractivity contribution in [1.82, 2.24) is 0 Å². The lowest BCUT2D eigenvalue weighted by Crippen LogP contribution is -2.12. The monoisotopic (exact) mass is 295 g/mol. The summed E-state index contributed by atoms with van der Waals surface area (Å²) >= 11 is 11.8. The van der Waals surface area contributed by atoms with Gasteiger partial charge in [0.05, 0.1) is 16.3 Å². The molecular weight excluding hydrogens is 285 g/mol. The van der Waals surface area contributed by atoms with Crippen LogP contribution in [-0.4, -0.2) is 11.0 Å². The average Bonchev–Trinajstić information content (AvgIpc) is 2.33. The summed E-state index contributed by atoms with van der Waals surface area (Å²) in [5.41, 5.74) is 1.45. The molecule has 0 aliphatic carbocycles. The predicted molar refractivity (Wildman–Crippen MR) is 77.3 cm³/mol. The fourth-order valence-electron chi connectivity index (χ4n) is 1.62. The third-order valence-corrected chi connectivity index (χ3v) is 3.14.